The van der Waals surface area contributed by atoms with Gasteiger partial charge in [0.1, 0.15) is 17.2 Å². The maximum atomic E-state index is 13.6. The molecule has 0 aromatic heterocycles. The van der Waals surface area contributed by atoms with Crippen LogP contribution in [0, 0.1) is 11.6 Å². The number of amides is 1. The van der Waals surface area contributed by atoms with Gasteiger partial charge in [-0.2, -0.15) is 4.31 Å². The normalized spacial score (nSPS) is 15.1. The molecule has 0 radical (unpaired) electrons. The van der Waals surface area contributed by atoms with Crippen molar-refractivity contribution >= 4 is 39.2 Å². The van der Waals surface area contributed by atoms with Crippen LogP contribution in [-0.4, -0.2) is 44.3 Å². The summed E-state index contributed by atoms with van der Waals surface area (Å²) in [7, 11) is -3.78. The Bertz CT molecular complexity index is 1100. The Hall–Kier alpha value is -2.56. The molecule has 0 saturated carbocycles. The van der Waals surface area contributed by atoms with Gasteiger partial charge < -0.3 is 10.1 Å². The highest BCUT2D eigenvalue weighted by Gasteiger charge is 2.26. The lowest BCUT2D eigenvalue weighted by Crippen LogP contribution is -2.32. The zero-order valence-corrected chi connectivity index (χ0v) is 18.5. The number of hydrogen-bond acceptors (Lipinski definition) is 5. The van der Waals surface area contributed by atoms with Gasteiger partial charge in [-0.1, -0.05) is 30.5 Å². The molecular formula is C21H21ClF2N2O5S. The topological polar surface area (TPSA) is 92.8 Å². The van der Waals surface area contributed by atoms with Gasteiger partial charge in [-0.15, -0.1) is 0 Å². The van der Waals surface area contributed by atoms with E-state index < -0.39 is 45.7 Å². The molecule has 2 aromatic rings. The van der Waals surface area contributed by atoms with Gasteiger partial charge in [0.05, 0.1) is 15.6 Å². The molecule has 0 atom stereocenters. The van der Waals surface area contributed by atoms with Crippen LogP contribution in [0.15, 0.2) is 41.3 Å². The highest BCUT2D eigenvalue weighted by molar-refractivity contribution is 7.89. The second kappa shape index (κ2) is 10.4. The van der Waals surface area contributed by atoms with Crippen LogP contribution in [0.3, 0.4) is 0 Å². The van der Waals surface area contributed by atoms with Crippen molar-refractivity contribution in [2.24, 2.45) is 0 Å². The van der Waals surface area contributed by atoms with E-state index in [0.717, 1.165) is 43.9 Å². The summed E-state index contributed by atoms with van der Waals surface area (Å²) in [6.45, 7) is -0.0313. The molecule has 1 heterocycles. The Morgan fingerprint density at radius 3 is 2.28 bits per heavy atom. The molecule has 0 bridgehead atoms. The Kier molecular flexibility index (Phi) is 7.81. The highest BCUT2D eigenvalue weighted by atomic mass is 35.5. The van der Waals surface area contributed by atoms with Crippen LogP contribution in [0.4, 0.5) is 14.5 Å². The number of nitrogens with one attached hydrogen (secondary N) is 1. The van der Waals surface area contributed by atoms with Crippen LogP contribution < -0.4 is 5.32 Å². The standard InChI is InChI=1S/C21H21ClF2N2O5S/c22-15-9-8-14(32(29,30)26-10-3-1-2-4-11-26)12-18(15)25-19(27)13-31-21(28)20-16(23)6-5-7-17(20)24/h5-9,12H,1-4,10-11,13H2,(H,25,27). The summed E-state index contributed by atoms with van der Waals surface area (Å²) >= 11 is 6.07. The fourth-order valence-electron chi connectivity index (χ4n) is 3.27. The van der Waals surface area contributed by atoms with Gasteiger partial charge >= 0.3 is 5.97 Å². The zero-order chi connectivity index (χ0) is 23.3. The molecule has 3 rings (SSSR count). The van der Waals surface area contributed by atoms with E-state index in [1.165, 1.54) is 22.5 Å². The first-order valence-electron chi connectivity index (χ1n) is 9.91. The molecule has 1 N–H and O–H groups in total. The fraction of sp³-hybridized carbons (Fsp3) is 0.333. The summed E-state index contributed by atoms with van der Waals surface area (Å²) in [6, 6.07) is 6.76. The van der Waals surface area contributed by atoms with E-state index in [2.05, 4.69) is 10.1 Å². The van der Waals surface area contributed by atoms with Gasteiger partial charge in [0, 0.05) is 13.1 Å². The number of benzene rings is 2. The number of sulfonamides is 1. The third-order valence-electron chi connectivity index (χ3n) is 4.92. The third-order valence-corrected chi connectivity index (χ3v) is 7.14. The first-order valence-corrected chi connectivity index (χ1v) is 11.7. The molecule has 1 amide bonds. The summed E-state index contributed by atoms with van der Waals surface area (Å²) in [4.78, 5) is 24.1. The molecule has 2 aromatic carbocycles. The third kappa shape index (κ3) is 5.62. The van der Waals surface area contributed by atoms with Gasteiger partial charge in [0.2, 0.25) is 10.0 Å². The summed E-state index contributed by atoms with van der Waals surface area (Å²) in [5, 5.41) is 2.42. The molecule has 32 heavy (non-hydrogen) atoms. The van der Waals surface area contributed by atoms with Gasteiger partial charge in [-0.3, -0.25) is 4.79 Å². The minimum absolute atomic E-state index is 0.000634. The van der Waals surface area contributed by atoms with Crippen LogP contribution in [0.25, 0.3) is 0 Å². The van der Waals surface area contributed by atoms with Crippen molar-refractivity contribution in [2.45, 2.75) is 30.6 Å². The smallest absolute Gasteiger partial charge is 0.344 e. The number of carbonyl (C=O) groups excluding carboxylic acids is 2. The number of ether oxygens (including phenoxy) is 1. The second-order valence-electron chi connectivity index (χ2n) is 7.18. The van der Waals surface area contributed by atoms with Crippen LogP contribution >= 0.6 is 11.6 Å². The maximum absolute atomic E-state index is 13.6. The van der Waals surface area contributed by atoms with E-state index >= 15 is 0 Å². The number of esters is 1. The minimum atomic E-state index is -3.78. The van der Waals surface area contributed by atoms with Crippen molar-refractivity contribution in [3.8, 4) is 0 Å². The summed E-state index contributed by atoms with van der Waals surface area (Å²) in [5.74, 6) is -4.45. The van der Waals surface area contributed by atoms with E-state index in [1.54, 1.807) is 0 Å². The monoisotopic (exact) mass is 486 g/mol. The van der Waals surface area contributed by atoms with Crippen molar-refractivity contribution in [3.05, 3.63) is 58.6 Å². The van der Waals surface area contributed by atoms with Crippen molar-refractivity contribution in [1.29, 1.82) is 0 Å². The molecule has 172 valence electrons. The molecular weight excluding hydrogens is 466 g/mol. The second-order valence-corrected chi connectivity index (χ2v) is 9.53. The molecule has 7 nitrogen and oxygen atoms in total. The Balaban J connectivity index is 1.69. The number of nitrogens with zero attached hydrogens (tertiary/aromatic N) is 1. The average Bonchev–Trinajstić information content (AvgIpc) is 3.04. The molecule has 11 heteroatoms. The lowest BCUT2D eigenvalue weighted by Gasteiger charge is -2.20. The number of carbonyl (C=O) groups is 2. The zero-order valence-electron chi connectivity index (χ0n) is 16.9. The molecule has 0 aliphatic carbocycles. The highest BCUT2D eigenvalue weighted by Crippen LogP contribution is 2.28. The SMILES string of the molecule is O=C(COC(=O)c1c(F)cccc1F)Nc1cc(S(=O)(=O)N2CCCCCC2)ccc1Cl. The molecule has 0 unspecified atom stereocenters. The lowest BCUT2D eigenvalue weighted by atomic mass is 10.2. The lowest BCUT2D eigenvalue weighted by molar-refractivity contribution is -0.119. The minimum Gasteiger partial charge on any atom is -0.452 e. The van der Waals surface area contributed by atoms with Crippen LogP contribution in [0.1, 0.15) is 36.0 Å². The predicted molar refractivity (Wildman–Crippen MR) is 114 cm³/mol. The van der Waals surface area contributed by atoms with Crippen molar-refractivity contribution in [3.63, 3.8) is 0 Å². The number of anilines is 1. The first-order chi connectivity index (χ1) is 15.2. The molecule has 1 aliphatic rings. The molecule has 1 aliphatic heterocycles. The largest absolute Gasteiger partial charge is 0.452 e. The number of hydrogen-bond donors (Lipinski definition) is 1. The predicted octanol–water partition coefficient (Wildman–Crippen LogP) is 3.98. The van der Waals surface area contributed by atoms with Gasteiger partial charge in [0.15, 0.2) is 6.61 Å². The molecule has 1 fully saturated rings. The van der Waals surface area contributed by atoms with Gasteiger partial charge in [-0.25, -0.2) is 22.0 Å². The van der Waals surface area contributed by atoms with E-state index in [9.17, 15) is 26.8 Å². The van der Waals surface area contributed by atoms with Crippen molar-refractivity contribution in [2.75, 3.05) is 25.0 Å². The van der Waals surface area contributed by atoms with Crippen molar-refractivity contribution < 1.29 is 31.5 Å². The Labute approximate surface area is 189 Å². The quantitative estimate of drug-likeness (QED) is 0.623. The summed E-state index contributed by atoms with van der Waals surface area (Å²) in [6.07, 6.45) is 3.46. The average molecular weight is 487 g/mol. The Morgan fingerprint density at radius 1 is 1.03 bits per heavy atom. The fourth-order valence-corrected chi connectivity index (χ4v) is 4.98. The maximum Gasteiger partial charge on any atom is 0.344 e. The Morgan fingerprint density at radius 2 is 1.66 bits per heavy atom. The molecule has 1 saturated heterocycles. The van der Waals surface area contributed by atoms with Gasteiger partial charge in [0.25, 0.3) is 5.91 Å². The number of halogens is 3. The summed E-state index contributed by atoms with van der Waals surface area (Å²) in [5.41, 5.74) is -0.912. The van der Waals surface area contributed by atoms with Gasteiger partial charge in [-0.05, 0) is 43.2 Å². The van der Waals surface area contributed by atoms with Crippen molar-refractivity contribution in [1.82, 2.24) is 4.31 Å². The van der Waals surface area contributed by atoms with Crippen LogP contribution in [0.2, 0.25) is 5.02 Å². The van der Waals surface area contributed by atoms with Crippen LogP contribution in [0.5, 0.6) is 0 Å². The summed E-state index contributed by atoms with van der Waals surface area (Å²) < 4.78 is 59.3. The van der Waals surface area contributed by atoms with E-state index in [4.69, 9.17) is 11.6 Å². The number of rotatable bonds is 6. The van der Waals surface area contributed by atoms with E-state index in [1.807, 2.05) is 0 Å². The van der Waals surface area contributed by atoms with Crippen LogP contribution in [-0.2, 0) is 19.6 Å². The molecule has 0 spiro atoms. The van der Waals surface area contributed by atoms with E-state index in [0.29, 0.717) is 13.1 Å². The first kappa shape index (κ1) is 24.1. The van der Waals surface area contributed by atoms with E-state index in [-0.39, 0.29) is 15.6 Å².